The van der Waals surface area contributed by atoms with Gasteiger partial charge in [-0.1, -0.05) is 24.3 Å². The summed E-state index contributed by atoms with van der Waals surface area (Å²) in [6.07, 6.45) is 2.26. The molecule has 5 heteroatoms. The van der Waals surface area contributed by atoms with Crippen molar-refractivity contribution < 1.29 is 14.0 Å². The fourth-order valence-corrected chi connectivity index (χ4v) is 5.67. The monoisotopic (exact) mass is 392 g/mol. The Balaban J connectivity index is 1.48. The minimum absolute atomic E-state index is 0.000926. The SMILES string of the molecule is CC(=O)c1ccc(C(=O)N2C[C@@H](c3ccc(F)cc3)[C@@H]3[C@H]2C2CCN3CC2)cc1. The third-order valence-corrected chi connectivity index (χ3v) is 7.09. The van der Waals surface area contributed by atoms with Gasteiger partial charge in [0.1, 0.15) is 5.82 Å². The van der Waals surface area contributed by atoms with Crippen molar-refractivity contribution in [2.24, 2.45) is 5.92 Å². The number of amides is 1. The van der Waals surface area contributed by atoms with Gasteiger partial charge in [-0.25, -0.2) is 4.39 Å². The van der Waals surface area contributed by atoms with E-state index >= 15 is 0 Å². The molecular formula is C24H25FN2O2. The van der Waals surface area contributed by atoms with Gasteiger partial charge in [0.15, 0.2) is 5.78 Å². The highest BCUT2D eigenvalue weighted by atomic mass is 19.1. The lowest BCUT2D eigenvalue weighted by atomic mass is 9.75. The van der Waals surface area contributed by atoms with Crippen molar-refractivity contribution >= 4 is 11.7 Å². The van der Waals surface area contributed by atoms with Gasteiger partial charge < -0.3 is 4.90 Å². The number of halogens is 1. The molecule has 150 valence electrons. The van der Waals surface area contributed by atoms with Crippen LogP contribution in [0.1, 0.15) is 52.0 Å². The van der Waals surface area contributed by atoms with Crippen LogP contribution >= 0.6 is 0 Å². The standard InChI is InChI=1S/C24H25FN2O2/c1-15(28)16-2-4-19(5-3-16)24(29)27-14-21(17-6-8-20(25)9-7-17)23-22(27)18-10-12-26(23)13-11-18/h2-9,18,21-23H,10-14H2,1H3/t21-,22+,23+/m0/s1. The summed E-state index contributed by atoms with van der Waals surface area (Å²) in [5, 5.41) is 0. The number of Topliss-reactive ketones (excluding diaryl/α,β-unsaturated/α-hetero) is 1. The molecule has 0 N–H and O–H groups in total. The fraction of sp³-hybridized carbons (Fsp3) is 0.417. The highest BCUT2D eigenvalue weighted by Gasteiger charge is 2.54. The molecule has 2 aromatic rings. The van der Waals surface area contributed by atoms with E-state index in [1.165, 1.54) is 19.1 Å². The van der Waals surface area contributed by atoms with Crippen LogP contribution in [0.5, 0.6) is 0 Å². The van der Waals surface area contributed by atoms with E-state index in [2.05, 4.69) is 9.80 Å². The smallest absolute Gasteiger partial charge is 0.254 e. The second-order valence-electron chi connectivity index (χ2n) is 8.60. The third kappa shape index (κ3) is 3.08. The van der Waals surface area contributed by atoms with Crippen LogP contribution in [0.4, 0.5) is 4.39 Å². The molecule has 0 radical (unpaired) electrons. The number of nitrogens with zero attached hydrogens (tertiary/aromatic N) is 2. The Hall–Kier alpha value is -2.53. The van der Waals surface area contributed by atoms with Gasteiger partial charge in [0.25, 0.3) is 5.91 Å². The molecule has 6 rings (SSSR count). The Morgan fingerprint density at radius 1 is 0.897 bits per heavy atom. The predicted molar refractivity (Wildman–Crippen MR) is 108 cm³/mol. The molecule has 4 heterocycles. The highest BCUT2D eigenvalue weighted by molar-refractivity contribution is 5.98. The number of rotatable bonds is 3. The number of piperidine rings is 3. The molecule has 29 heavy (non-hydrogen) atoms. The first-order valence-corrected chi connectivity index (χ1v) is 10.4. The van der Waals surface area contributed by atoms with Gasteiger partial charge in [0, 0.05) is 29.6 Å². The van der Waals surface area contributed by atoms with Crippen LogP contribution in [-0.2, 0) is 0 Å². The highest BCUT2D eigenvalue weighted by Crippen LogP contribution is 2.46. The number of ketones is 1. The number of hydrogen-bond acceptors (Lipinski definition) is 3. The molecule has 4 aliphatic heterocycles. The van der Waals surface area contributed by atoms with Gasteiger partial charge in [-0.3, -0.25) is 14.5 Å². The average molecular weight is 392 g/mol. The Labute approximate surface area is 170 Å². The summed E-state index contributed by atoms with van der Waals surface area (Å²) in [4.78, 5) is 29.6. The van der Waals surface area contributed by atoms with Gasteiger partial charge in [0.2, 0.25) is 0 Å². The maximum Gasteiger partial charge on any atom is 0.254 e. The molecule has 4 nitrogen and oxygen atoms in total. The second-order valence-corrected chi connectivity index (χ2v) is 8.60. The van der Waals surface area contributed by atoms with Crippen LogP contribution in [-0.4, -0.2) is 53.2 Å². The Bertz CT molecular complexity index is 932. The van der Waals surface area contributed by atoms with E-state index < -0.39 is 0 Å². The van der Waals surface area contributed by atoms with Crippen molar-refractivity contribution in [2.75, 3.05) is 19.6 Å². The van der Waals surface area contributed by atoms with Gasteiger partial charge in [0.05, 0.1) is 6.04 Å². The number of fused-ring (bicyclic) bond motifs is 2. The molecule has 0 aromatic heterocycles. The summed E-state index contributed by atoms with van der Waals surface area (Å²) >= 11 is 0. The van der Waals surface area contributed by atoms with E-state index in [1.807, 2.05) is 12.1 Å². The lowest BCUT2D eigenvalue weighted by Gasteiger charge is -2.51. The number of benzene rings is 2. The number of carbonyl (C=O) groups excluding carboxylic acids is 2. The van der Waals surface area contributed by atoms with Crippen molar-refractivity contribution in [2.45, 2.75) is 37.8 Å². The molecule has 4 fully saturated rings. The van der Waals surface area contributed by atoms with E-state index in [-0.39, 0.29) is 29.5 Å². The zero-order chi connectivity index (χ0) is 20.1. The summed E-state index contributed by atoms with van der Waals surface area (Å²) in [6, 6.07) is 14.3. The van der Waals surface area contributed by atoms with Crippen molar-refractivity contribution in [3.8, 4) is 0 Å². The summed E-state index contributed by atoms with van der Waals surface area (Å²) in [5.74, 6) is 0.528. The van der Waals surface area contributed by atoms with Crippen molar-refractivity contribution in [1.82, 2.24) is 9.80 Å². The minimum atomic E-state index is -0.229. The summed E-state index contributed by atoms with van der Waals surface area (Å²) < 4.78 is 13.5. The first kappa shape index (κ1) is 18.5. The molecule has 3 atom stereocenters. The molecular weight excluding hydrogens is 367 g/mol. The Morgan fingerprint density at radius 2 is 1.52 bits per heavy atom. The Morgan fingerprint density at radius 3 is 2.14 bits per heavy atom. The Kier molecular flexibility index (Phi) is 4.50. The minimum Gasteiger partial charge on any atom is -0.333 e. The van der Waals surface area contributed by atoms with E-state index in [9.17, 15) is 14.0 Å². The predicted octanol–water partition coefficient (Wildman–Crippen LogP) is 3.73. The van der Waals surface area contributed by atoms with Crippen LogP contribution in [0.2, 0.25) is 0 Å². The van der Waals surface area contributed by atoms with Crippen LogP contribution in [0, 0.1) is 11.7 Å². The van der Waals surface area contributed by atoms with Gasteiger partial charge in [-0.05, 0) is 68.6 Å². The quantitative estimate of drug-likeness (QED) is 0.748. The van der Waals surface area contributed by atoms with E-state index in [1.54, 1.807) is 24.3 Å². The molecule has 2 aromatic carbocycles. The number of carbonyl (C=O) groups is 2. The van der Waals surface area contributed by atoms with E-state index in [0.717, 1.165) is 31.5 Å². The normalized spacial score (nSPS) is 30.3. The maximum absolute atomic E-state index is 13.5. The largest absolute Gasteiger partial charge is 0.333 e. The molecule has 1 amide bonds. The van der Waals surface area contributed by atoms with E-state index in [4.69, 9.17) is 0 Å². The molecule has 0 aliphatic carbocycles. The maximum atomic E-state index is 13.5. The zero-order valence-electron chi connectivity index (χ0n) is 16.6. The molecule has 4 aliphatic rings. The van der Waals surface area contributed by atoms with Gasteiger partial charge in [-0.2, -0.15) is 0 Å². The van der Waals surface area contributed by atoms with Crippen molar-refractivity contribution in [3.63, 3.8) is 0 Å². The van der Waals surface area contributed by atoms with Crippen LogP contribution in [0.25, 0.3) is 0 Å². The molecule has 0 saturated carbocycles. The summed E-state index contributed by atoms with van der Waals surface area (Å²) in [7, 11) is 0. The molecule has 2 bridgehead atoms. The number of likely N-dealkylation sites (tertiary alicyclic amines) is 1. The van der Waals surface area contributed by atoms with Gasteiger partial charge >= 0.3 is 0 Å². The summed E-state index contributed by atoms with van der Waals surface area (Å²) in [5.41, 5.74) is 2.36. The van der Waals surface area contributed by atoms with E-state index in [0.29, 0.717) is 29.6 Å². The molecule has 0 spiro atoms. The van der Waals surface area contributed by atoms with Crippen LogP contribution in [0.15, 0.2) is 48.5 Å². The first-order valence-electron chi connectivity index (χ1n) is 10.4. The lowest BCUT2D eigenvalue weighted by molar-refractivity contribution is -0.00341. The van der Waals surface area contributed by atoms with Crippen LogP contribution < -0.4 is 0 Å². The topological polar surface area (TPSA) is 40.6 Å². The van der Waals surface area contributed by atoms with Crippen LogP contribution in [0.3, 0.4) is 0 Å². The van der Waals surface area contributed by atoms with Crippen molar-refractivity contribution in [3.05, 3.63) is 71.0 Å². The third-order valence-electron chi connectivity index (χ3n) is 7.09. The fourth-order valence-electron chi connectivity index (χ4n) is 5.67. The van der Waals surface area contributed by atoms with Crippen molar-refractivity contribution in [1.29, 1.82) is 0 Å². The number of hydrogen-bond donors (Lipinski definition) is 0. The second kappa shape index (κ2) is 7.06. The molecule has 4 saturated heterocycles. The van der Waals surface area contributed by atoms with Gasteiger partial charge in [-0.15, -0.1) is 0 Å². The molecule has 0 unspecified atom stereocenters. The zero-order valence-corrected chi connectivity index (χ0v) is 16.6. The average Bonchev–Trinajstić information content (AvgIpc) is 3.17. The first-order chi connectivity index (χ1) is 14.0. The lowest BCUT2D eigenvalue weighted by Crippen LogP contribution is -2.60. The summed E-state index contributed by atoms with van der Waals surface area (Å²) in [6.45, 7) is 4.35.